The standard InChI is InChI=1S/C36H22N4Se/c1-3-12-24(13-4-1)33-38-34(25-14-5-2-6-15-25)40-35(39-33)30-22-31-32(29-18-10-9-17-28(29)30)41-36(37-31)27-20-19-23-11-7-8-16-26(23)21-27/h1-22H. The predicted octanol–water partition coefficient (Wildman–Crippen LogP) is 8.45. The normalized spacial score (nSPS) is 11.4. The summed E-state index contributed by atoms with van der Waals surface area (Å²) in [5, 5.41) is 4.82. The zero-order valence-electron chi connectivity index (χ0n) is 21.9. The molecule has 0 aliphatic rings. The molecule has 2 aromatic heterocycles. The Kier molecular flexibility index (Phi) is 5.77. The zero-order valence-corrected chi connectivity index (χ0v) is 23.6. The molecular weight excluding hydrogens is 567 g/mol. The first-order chi connectivity index (χ1) is 20.3. The van der Waals surface area contributed by atoms with Gasteiger partial charge in [-0.1, -0.05) is 0 Å². The molecular formula is C36H22N4Se. The molecule has 0 fully saturated rings. The molecule has 41 heavy (non-hydrogen) atoms. The van der Waals surface area contributed by atoms with Gasteiger partial charge in [0.15, 0.2) is 0 Å². The molecule has 0 bridgehead atoms. The Labute approximate surface area is 242 Å². The minimum atomic E-state index is 0.0828. The van der Waals surface area contributed by atoms with E-state index in [0.717, 1.165) is 32.2 Å². The Hall–Kier alpha value is -4.96. The second kappa shape index (κ2) is 9.90. The maximum absolute atomic E-state index is 5.20. The van der Waals surface area contributed by atoms with E-state index in [4.69, 9.17) is 19.9 Å². The van der Waals surface area contributed by atoms with Gasteiger partial charge < -0.3 is 0 Å². The summed E-state index contributed by atoms with van der Waals surface area (Å²) in [6, 6.07) is 46.1. The number of rotatable bonds is 4. The van der Waals surface area contributed by atoms with Crippen molar-refractivity contribution in [1.82, 2.24) is 19.9 Å². The topological polar surface area (TPSA) is 51.6 Å². The van der Waals surface area contributed by atoms with E-state index in [9.17, 15) is 0 Å². The summed E-state index contributed by atoms with van der Waals surface area (Å²) in [6.07, 6.45) is 0. The first-order valence-electron chi connectivity index (χ1n) is 13.5. The molecule has 8 aromatic rings. The van der Waals surface area contributed by atoms with Crippen LogP contribution in [-0.2, 0) is 0 Å². The molecule has 4 nitrogen and oxygen atoms in total. The van der Waals surface area contributed by atoms with Crippen LogP contribution < -0.4 is 0 Å². The summed E-state index contributed by atoms with van der Waals surface area (Å²) < 4.78 is 2.45. The fourth-order valence-electron chi connectivity index (χ4n) is 5.31. The Morgan fingerprint density at radius 1 is 0.415 bits per heavy atom. The fraction of sp³-hybridized carbons (Fsp3) is 0. The van der Waals surface area contributed by atoms with Gasteiger partial charge in [0.25, 0.3) is 0 Å². The van der Waals surface area contributed by atoms with Gasteiger partial charge in [-0.2, -0.15) is 0 Å². The molecule has 5 heteroatoms. The second-order valence-electron chi connectivity index (χ2n) is 9.94. The number of aromatic nitrogens is 4. The first-order valence-corrected chi connectivity index (χ1v) is 15.2. The Morgan fingerprint density at radius 3 is 1.71 bits per heavy atom. The van der Waals surface area contributed by atoms with Crippen LogP contribution in [0.15, 0.2) is 133 Å². The quantitative estimate of drug-likeness (QED) is 0.193. The van der Waals surface area contributed by atoms with Crippen LogP contribution in [-0.4, -0.2) is 34.4 Å². The molecule has 0 unspecified atom stereocenters. The van der Waals surface area contributed by atoms with E-state index < -0.39 is 0 Å². The van der Waals surface area contributed by atoms with Crippen LogP contribution >= 0.6 is 0 Å². The van der Waals surface area contributed by atoms with E-state index in [-0.39, 0.29) is 14.5 Å². The van der Waals surface area contributed by atoms with Gasteiger partial charge in [-0.15, -0.1) is 0 Å². The third kappa shape index (κ3) is 4.33. The summed E-state index contributed by atoms with van der Waals surface area (Å²) in [4.78, 5) is 20.1. The summed E-state index contributed by atoms with van der Waals surface area (Å²) in [6.45, 7) is 0. The molecule has 0 N–H and O–H groups in total. The molecule has 8 rings (SSSR count). The van der Waals surface area contributed by atoms with Crippen molar-refractivity contribution in [2.45, 2.75) is 0 Å². The summed E-state index contributed by atoms with van der Waals surface area (Å²) in [7, 11) is 0. The molecule has 0 aliphatic heterocycles. The van der Waals surface area contributed by atoms with Crippen LogP contribution in [0.3, 0.4) is 0 Å². The third-order valence-electron chi connectivity index (χ3n) is 7.33. The number of hydrogen-bond donors (Lipinski definition) is 0. The monoisotopic (exact) mass is 590 g/mol. The summed E-state index contributed by atoms with van der Waals surface area (Å²) >= 11 is 0.0828. The van der Waals surface area contributed by atoms with Gasteiger partial charge in [-0.3, -0.25) is 0 Å². The van der Waals surface area contributed by atoms with Crippen molar-refractivity contribution < 1.29 is 0 Å². The van der Waals surface area contributed by atoms with Gasteiger partial charge >= 0.3 is 244 Å². The number of benzene rings is 6. The molecule has 192 valence electrons. The zero-order chi connectivity index (χ0) is 27.2. The van der Waals surface area contributed by atoms with Crippen molar-refractivity contribution in [2.24, 2.45) is 0 Å². The second-order valence-corrected chi connectivity index (χ2v) is 12.0. The van der Waals surface area contributed by atoms with Crippen molar-refractivity contribution in [2.75, 3.05) is 0 Å². The molecule has 6 aromatic carbocycles. The Balaban J connectivity index is 1.36. The third-order valence-corrected chi connectivity index (χ3v) is 9.75. The van der Waals surface area contributed by atoms with Crippen molar-refractivity contribution in [3.63, 3.8) is 0 Å². The minimum absolute atomic E-state index is 0.0828. The van der Waals surface area contributed by atoms with E-state index in [0.29, 0.717) is 17.5 Å². The fourth-order valence-corrected chi connectivity index (χ4v) is 7.58. The molecule has 0 radical (unpaired) electrons. The van der Waals surface area contributed by atoms with Crippen LogP contribution in [0.4, 0.5) is 0 Å². The van der Waals surface area contributed by atoms with Crippen molar-refractivity contribution in [3.8, 4) is 44.3 Å². The van der Waals surface area contributed by atoms with Crippen LogP contribution in [0, 0.1) is 0 Å². The van der Waals surface area contributed by atoms with E-state index in [1.807, 2.05) is 60.7 Å². The van der Waals surface area contributed by atoms with Crippen LogP contribution in [0.5, 0.6) is 0 Å². The average molecular weight is 590 g/mol. The van der Waals surface area contributed by atoms with Crippen molar-refractivity contribution >= 4 is 45.8 Å². The van der Waals surface area contributed by atoms with Crippen molar-refractivity contribution in [3.05, 3.63) is 133 Å². The van der Waals surface area contributed by atoms with Crippen molar-refractivity contribution in [1.29, 1.82) is 0 Å². The molecule has 2 heterocycles. The van der Waals surface area contributed by atoms with Gasteiger partial charge in [-0.25, -0.2) is 0 Å². The number of nitrogens with zero attached hydrogens (tertiary/aromatic N) is 4. The predicted molar refractivity (Wildman–Crippen MR) is 169 cm³/mol. The van der Waals surface area contributed by atoms with E-state index >= 15 is 0 Å². The SMILES string of the molecule is c1ccc(-c2nc(-c3ccccc3)nc(-c3cc4nc(-c5ccc6ccccc6c5)[se]c4c4ccccc34)n2)cc1. The maximum atomic E-state index is 5.20. The van der Waals surface area contributed by atoms with Gasteiger partial charge in [0.1, 0.15) is 0 Å². The Bertz CT molecular complexity index is 2150. The van der Waals surface area contributed by atoms with Crippen LogP contribution in [0.2, 0.25) is 0 Å². The van der Waals surface area contributed by atoms with E-state index in [1.165, 1.54) is 26.0 Å². The number of hydrogen-bond acceptors (Lipinski definition) is 4. The number of fused-ring (bicyclic) bond motifs is 4. The molecule has 0 atom stereocenters. The van der Waals surface area contributed by atoms with Gasteiger partial charge in [0, 0.05) is 0 Å². The average Bonchev–Trinajstić information content (AvgIpc) is 3.49. The molecule has 0 aliphatic carbocycles. The summed E-state index contributed by atoms with van der Waals surface area (Å²) in [5.41, 5.74) is 5.07. The van der Waals surface area contributed by atoms with Gasteiger partial charge in [-0.05, 0) is 0 Å². The summed E-state index contributed by atoms with van der Waals surface area (Å²) in [5.74, 6) is 1.96. The van der Waals surface area contributed by atoms with Gasteiger partial charge in [0.2, 0.25) is 0 Å². The molecule has 0 amide bonds. The van der Waals surface area contributed by atoms with Crippen LogP contribution in [0.25, 0.3) is 75.6 Å². The van der Waals surface area contributed by atoms with E-state index in [1.54, 1.807) is 0 Å². The molecule has 0 saturated carbocycles. The molecule has 0 spiro atoms. The van der Waals surface area contributed by atoms with E-state index in [2.05, 4.69) is 72.8 Å². The van der Waals surface area contributed by atoms with Crippen LogP contribution in [0.1, 0.15) is 0 Å². The van der Waals surface area contributed by atoms with Gasteiger partial charge in [0.05, 0.1) is 0 Å². The molecule has 0 saturated heterocycles. The first kappa shape index (κ1) is 23.9. The Morgan fingerprint density at radius 2 is 1.00 bits per heavy atom.